The molecule has 0 heterocycles. The second-order valence-electron chi connectivity index (χ2n) is 7.22. The van der Waals surface area contributed by atoms with Gasteiger partial charge in [0.15, 0.2) is 0 Å². The summed E-state index contributed by atoms with van der Waals surface area (Å²) in [6.07, 6.45) is 13.9. The molecule has 0 atom stereocenters. The first-order valence-electron chi connectivity index (χ1n) is 10.3. The minimum atomic E-state index is -3.65. The summed E-state index contributed by atoms with van der Waals surface area (Å²) in [6.45, 7) is 2.80. The third-order valence-corrected chi connectivity index (χ3v) is 5.67. The van der Waals surface area contributed by atoms with E-state index in [-0.39, 0.29) is 10.8 Å². The number of benzene rings is 1. The second kappa shape index (κ2) is 13.7. The molecule has 0 unspecified atom stereocenters. The van der Waals surface area contributed by atoms with Crippen molar-refractivity contribution in [3.05, 3.63) is 29.8 Å². The van der Waals surface area contributed by atoms with E-state index >= 15 is 0 Å². The molecule has 0 radical (unpaired) electrons. The zero-order valence-electron chi connectivity index (χ0n) is 16.7. The smallest absolute Gasteiger partial charge is 0.238 e. The topological polar surface area (TPSA) is 89.3 Å². The van der Waals surface area contributed by atoms with Crippen LogP contribution in [0.4, 0.5) is 0 Å². The molecule has 1 amide bonds. The average Bonchev–Trinajstić information content (AvgIpc) is 2.63. The van der Waals surface area contributed by atoms with Crippen LogP contribution < -0.4 is 10.5 Å². The zero-order chi connectivity index (χ0) is 20.0. The Hall–Kier alpha value is -1.40. The molecule has 0 aliphatic rings. The molecule has 5 nitrogen and oxygen atoms in total. The van der Waals surface area contributed by atoms with Crippen molar-refractivity contribution in [1.29, 1.82) is 0 Å². The molecule has 1 aromatic rings. The Bertz CT molecular complexity index is 627. The van der Waals surface area contributed by atoms with Gasteiger partial charge < -0.3 is 5.32 Å². The van der Waals surface area contributed by atoms with E-state index in [2.05, 4.69) is 12.2 Å². The monoisotopic (exact) mass is 396 g/mol. The van der Waals surface area contributed by atoms with Crippen LogP contribution in [0.3, 0.4) is 0 Å². The summed E-state index contributed by atoms with van der Waals surface area (Å²) in [5.41, 5.74) is 0.974. The summed E-state index contributed by atoms with van der Waals surface area (Å²) in [5.74, 6) is 0.0933. The zero-order valence-corrected chi connectivity index (χ0v) is 17.5. The molecule has 3 N–H and O–H groups in total. The average molecular weight is 397 g/mol. The lowest BCUT2D eigenvalue weighted by atomic mass is 10.1. The van der Waals surface area contributed by atoms with Crippen LogP contribution in [0.5, 0.6) is 0 Å². The highest BCUT2D eigenvalue weighted by Gasteiger charge is 2.07. The van der Waals surface area contributed by atoms with Gasteiger partial charge >= 0.3 is 0 Å². The normalized spacial score (nSPS) is 11.5. The van der Waals surface area contributed by atoms with Crippen LogP contribution in [0.25, 0.3) is 0 Å². The summed E-state index contributed by atoms with van der Waals surface area (Å²) in [4.78, 5) is 12.0. The molecule has 0 aliphatic carbocycles. The van der Waals surface area contributed by atoms with E-state index in [9.17, 15) is 13.2 Å². The SMILES string of the molecule is CCCCCCCCCCCCC(=O)NCCc1ccc(S(N)(=O)=O)cc1. The highest BCUT2D eigenvalue weighted by atomic mass is 32.2. The molecule has 6 heteroatoms. The van der Waals surface area contributed by atoms with Crippen LogP contribution in [-0.4, -0.2) is 20.9 Å². The van der Waals surface area contributed by atoms with Gasteiger partial charge in [0.25, 0.3) is 0 Å². The van der Waals surface area contributed by atoms with E-state index in [0.29, 0.717) is 19.4 Å². The number of carbonyl (C=O) groups is 1. The fourth-order valence-corrected chi connectivity index (χ4v) is 3.57. The number of unbranched alkanes of at least 4 members (excludes halogenated alkanes) is 9. The van der Waals surface area contributed by atoms with Gasteiger partial charge in [-0.05, 0) is 30.5 Å². The van der Waals surface area contributed by atoms with E-state index in [1.165, 1.54) is 63.5 Å². The summed E-state index contributed by atoms with van der Waals surface area (Å²) in [5, 5.41) is 8.00. The van der Waals surface area contributed by atoms with Crippen LogP contribution in [0, 0.1) is 0 Å². The van der Waals surface area contributed by atoms with Crippen molar-refractivity contribution >= 4 is 15.9 Å². The summed E-state index contributed by atoms with van der Waals surface area (Å²) in [7, 11) is -3.65. The highest BCUT2D eigenvalue weighted by molar-refractivity contribution is 7.89. The van der Waals surface area contributed by atoms with Crippen molar-refractivity contribution in [2.45, 2.75) is 88.9 Å². The fraction of sp³-hybridized carbons (Fsp3) is 0.667. The highest BCUT2D eigenvalue weighted by Crippen LogP contribution is 2.11. The van der Waals surface area contributed by atoms with E-state index in [1.807, 2.05) is 0 Å². The van der Waals surface area contributed by atoms with Crippen LogP contribution in [0.2, 0.25) is 0 Å². The van der Waals surface area contributed by atoms with Crippen molar-refractivity contribution in [3.63, 3.8) is 0 Å². The maximum absolute atomic E-state index is 11.8. The van der Waals surface area contributed by atoms with Gasteiger partial charge in [0.05, 0.1) is 4.90 Å². The summed E-state index contributed by atoms with van der Waals surface area (Å²) in [6, 6.07) is 6.45. The van der Waals surface area contributed by atoms with Crippen molar-refractivity contribution in [2.24, 2.45) is 5.14 Å². The molecule has 0 saturated carbocycles. The molecule has 0 aromatic heterocycles. The molecule has 1 rings (SSSR count). The van der Waals surface area contributed by atoms with Crippen molar-refractivity contribution in [3.8, 4) is 0 Å². The lowest BCUT2D eigenvalue weighted by Gasteiger charge is -2.06. The van der Waals surface area contributed by atoms with E-state index in [0.717, 1.165) is 18.4 Å². The van der Waals surface area contributed by atoms with Gasteiger partial charge in [-0.3, -0.25) is 4.79 Å². The Balaban J connectivity index is 2.01. The van der Waals surface area contributed by atoms with Crippen LogP contribution in [0.15, 0.2) is 29.2 Å². The molecule has 0 saturated heterocycles. The van der Waals surface area contributed by atoms with Crippen LogP contribution >= 0.6 is 0 Å². The van der Waals surface area contributed by atoms with Crippen molar-refractivity contribution in [2.75, 3.05) is 6.54 Å². The predicted molar refractivity (Wildman–Crippen MR) is 111 cm³/mol. The van der Waals surface area contributed by atoms with Crippen LogP contribution in [-0.2, 0) is 21.2 Å². The quantitative estimate of drug-likeness (QED) is 0.433. The van der Waals surface area contributed by atoms with Gasteiger partial charge in [-0.25, -0.2) is 13.6 Å². The van der Waals surface area contributed by atoms with Gasteiger partial charge in [0.2, 0.25) is 15.9 Å². The molecular formula is C21H36N2O3S. The Labute approximate surface area is 165 Å². The first-order valence-corrected chi connectivity index (χ1v) is 11.9. The number of nitrogens with two attached hydrogens (primary N) is 1. The number of amides is 1. The molecule has 0 aliphatic heterocycles. The lowest BCUT2D eigenvalue weighted by molar-refractivity contribution is -0.121. The molecular weight excluding hydrogens is 360 g/mol. The number of nitrogens with one attached hydrogen (secondary N) is 1. The van der Waals surface area contributed by atoms with Gasteiger partial charge in [-0.15, -0.1) is 0 Å². The number of rotatable bonds is 15. The molecule has 0 bridgehead atoms. The molecule has 0 fully saturated rings. The minimum Gasteiger partial charge on any atom is -0.356 e. The van der Waals surface area contributed by atoms with Gasteiger partial charge in [-0.1, -0.05) is 76.8 Å². The minimum absolute atomic E-state index is 0.0933. The maximum Gasteiger partial charge on any atom is 0.238 e. The number of carbonyl (C=O) groups excluding carboxylic acids is 1. The number of sulfonamides is 1. The van der Waals surface area contributed by atoms with E-state index in [1.54, 1.807) is 12.1 Å². The number of primary sulfonamides is 1. The first kappa shape index (κ1) is 23.6. The predicted octanol–water partition coefficient (Wildman–Crippen LogP) is 4.30. The molecule has 154 valence electrons. The Kier molecular flexibility index (Phi) is 12.0. The fourth-order valence-electron chi connectivity index (χ4n) is 3.05. The van der Waals surface area contributed by atoms with Gasteiger partial charge in [-0.2, -0.15) is 0 Å². The standard InChI is InChI=1S/C21H36N2O3S/c1-2-3-4-5-6-7-8-9-10-11-12-21(24)23-18-17-19-13-15-20(16-14-19)27(22,25)26/h13-16H,2-12,17-18H2,1H3,(H,23,24)(H2,22,25,26). The summed E-state index contributed by atoms with van der Waals surface area (Å²) < 4.78 is 22.4. The third kappa shape index (κ3) is 11.8. The maximum atomic E-state index is 11.8. The van der Waals surface area contributed by atoms with E-state index in [4.69, 9.17) is 5.14 Å². The number of hydrogen-bond donors (Lipinski definition) is 2. The lowest BCUT2D eigenvalue weighted by Crippen LogP contribution is -2.25. The third-order valence-electron chi connectivity index (χ3n) is 4.75. The Morgan fingerprint density at radius 3 is 1.93 bits per heavy atom. The van der Waals surface area contributed by atoms with Gasteiger partial charge in [0.1, 0.15) is 0 Å². The molecule has 0 spiro atoms. The van der Waals surface area contributed by atoms with E-state index < -0.39 is 10.0 Å². The van der Waals surface area contributed by atoms with Crippen molar-refractivity contribution < 1.29 is 13.2 Å². The first-order chi connectivity index (χ1) is 12.9. The van der Waals surface area contributed by atoms with Gasteiger partial charge in [0, 0.05) is 13.0 Å². The largest absolute Gasteiger partial charge is 0.356 e. The molecule has 27 heavy (non-hydrogen) atoms. The Morgan fingerprint density at radius 1 is 0.889 bits per heavy atom. The van der Waals surface area contributed by atoms with Crippen LogP contribution in [0.1, 0.15) is 83.1 Å². The summed E-state index contributed by atoms with van der Waals surface area (Å²) >= 11 is 0. The molecule has 1 aromatic carbocycles. The van der Waals surface area contributed by atoms with Crippen molar-refractivity contribution in [1.82, 2.24) is 5.32 Å². The second-order valence-corrected chi connectivity index (χ2v) is 8.78. The Morgan fingerprint density at radius 2 is 1.41 bits per heavy atom. The number of hydrogen-bond acceptors (Lipinski definition) is 3.